The maximum absolute atomic E-state index is 12.0. The fraction of sp³-hybridized carbons (Fsp3) is 0.222. The summed E-state index contributed by atoms with van der Waals surface area (Å²) in [6.45, 7) is 0.546. The van der Waals surface area contributed by atoms with Crippen molar-refractivity contribution in [2.75, 3.05) is 13.2 Å². The quantitative estimate of drug-likeness (QED) is 0.327. The van der Waals surface area contributed by atoms with E-state index < -0.39 is 20.9 Å². The Labute approximate surface area is 161 Å². The van der Waals surface area contributed by atoms with Gasteiger partial charge in [-0.05, 0) is 37.1 Å². The number of amidine groups is 1. The monoisotopic (exact) mass is 403 g/mol. The molecule has 0 spiro atoms. The van der Waals surface area contributed by atoms with E-state index in [1.165, 1.54) is 30.3 Å². The number of sulfonamides is 1. The number of non-ortho nitro benzene ring substituents is 1. The van der Waals surface area contributed by atoms with Gasteiger partial charge in [-0.15, -0.1) is 0 Å². The van der Waals surface area contributed by atoms with Gasteiger partial charge in [0.15, 0.2) is 0 Å². The number of unbranched alkanes of at least 4 members (excludes halogenated alkanes) is 1. The second kappa shape index (κ2) is 8.17. The Morgan fingerprint density at radius 1 is 1.11 bits per heavy atom. The minimum absolute atomic E-state index is 0.0974. The smallest absolute Gasteiger partial charge is 0.338 e. The van der Waals surface area contributed by atoms with E-state index in [1.807, 2.05) is 0 Å². The number of nitrogens with one attached hydrogen (secondary N) is 1. The van der Waals surface area contributed by atoms with Gasteiger partial charge in [0.05, 0.1) is 22.0 Å². The van der Waals surface area contributed by atoms with E-state index in [1.54, 1.807) is 18.2 Å². The van der Waals surface area contributed by atoms with Crippen molar-refractivity contribution in [1.82, 2.24) is 4.72 Å². The molecule has 0 aromatic heterocycles. The average Bonchev–Trinajstić information content (AvgIpc) is 2.95. The Balaban J connectivity index is 1.45. The maximum atomic E-state index is 12.0. The number of fused-ring (bicyclic) bond motifs is 1. The summed E-state index contributed by atoms with van der Waals surface area (Å²) in [5, 5.41) is 10.6. The summed E-state index contributed by atoms with van der Waals surface area (Å²) in [7, 11) is -3.54. The number of nitro groups is 1. The molecule has 146 valence electrons. The average molecular weight is 403 g/mol. The Hall–Kier alpha value is -3.27. The molecule has 0 amide bonds. The molecular formula is C18H17N3O6S. The molecular weight excluding hydrogens is 386 g/mol. The molecule has 0 fully saturated rings. The fourth-order valence-corrected chi connectivity index (χ4v) is 3.87. The number of carbonyl (C=O) groups excluding carboxylic acids is 1. The van der Waals surface area contributed by atoms with Crippen LogP contribution in [0.4, 0.5) is 5.69 Å². The van der Waals surface area contributed by atoms with Crippen LogP contribution in [0.1, 0.15) is 28.8 Å². The number of nitro benzene ring substituents is 1. The first-order chi connectivity index (χ1) is 13.4. The van der Waals surface area contributed by atoms with Crippen LogP contribution in [0.15, 0.2) is 58.4 Å². The van der Waals surface area contributed by atoms with E-state index in [2.05, 4.69) is 9.71 Å². The molecule has 10 heteroatoms. The zero-order chi connectivity index (χ0) is 20.1. The molecule has 3 rings (SSSR count). The fourth-order valence-electron chi connectivity index (χ4n) is 2.62. The lowest BCUT2D eigenvalue weighted by atomic mass is 10.2. The van der Waals surface area contributed by atoms with Gasteiger partial charge < -0.3 is 4.74 Å². The maximum Gasteiger partial charge on any atom is 0.338 e. The Kier molecular flexibility index (Phi) is 5.69. The number of carbonyl (C=O) groups is 1. The number of aliphatic imine (C=N–C) groups is 1. The minimum Gasteiger partial charge on any atom is -0.462 e. The largest absolute Gasteiger partial charge is 0.462 e. The SMILES string of the molecule is O=C(OCCCCN=C1NS(=O)(=O)c2ccccc21)c1ccc([N+](=O)[O-])cc1. The molecule has 1 heterocycles. The molecule has 1 N–H and O–H groups in total. The van der Waals surface area contributed by atoms with Crippen LogP contribution in [-0.4, -0.2) is 38.3 Å². The summed E-state index contributed by atoms with van der Waals surface area (Å²) in [5.74, 6) is -0.239. The first kappa shape index (κ1) is 19.5. The third kappa shape index (κ3) is 4.34. The first-order valence-corrected chi connectivity index (χ1v) is 9.95. The van der Waals surface area contributed by atoms with Crippen molar-refractivity contribution in [3.05, 3.63) is 69.8 Å². The van der Waals surface area contributed by atoms with Crippen LogP contribution < -0.4 is 4.72 Å². The Bertz CT molecular complexity index is 1030. The number of rotatable bonds is 7. The normalized spacial score (nSPS) is 15.6. The number of ether oxygens (including phenoxy) is 1. The van der Waals surface area contributed by atoms with Crippen LogP contribution in [0.25, 0.3) is 0 Å². The van der Waals surface area contributed by atoms with Crippen molar-refractivity contribution in [3.63, 3.8) is 0 Å². The van der Waals surface area contributed by atoms with Crippen molar-refractivity contribution in [2.45, 2.75) is 17.7 Å². The highest BCUT2D eigenvalue weighted by Crippen LogP contribution is 2.22. The van der Waals surface area contributed by atoms with Gasteiger partial charge in [-0.25, -0.2) is 13.2 Å². The zero-order valence-electron chi connectivity index (χ0n) is 14.7. The number of hydrogen-bond acceptors (Lipinski definition) is 7. The third-order valence-corrected chi connectivity index (χ3v) is 5.43. The summed E-state index contributed by atoms with van der Waals surface area (Å²) in [4.78, 5) is 26.4. The molecule has 0 saturated carbocycles. The topological polar surface area (TPSA) is 128 Å². The summed E-state index contributed by atoms with van der Waals surface area (Å²) < 4.78 is 31.5. The van der Waals surface area contributed by atoms with Gasteiger partial charge in [0.1, 0.15) is 5.84 Å². The summed E-state index contributed by atoms with van der Waals surface area (Å²) in [6, 6.07) is 11.8. The van der Waals surface area contributed by atoms with Gasteiger partial charge in [-0.2, -0.15) is 0 Å². The van der Waals surface area contributed by atoms with Gasteiger partial charge in [0.2, 0.25) is 0 Å². The number of esters is 1. The summed E-state index contributed by atoms with van der Waals surface area (Å²) in [5.41, 5.74) is 0.690. The van der Waals surface area contributed by atoms with Crippen LogP contribution in [0.2, 0.25) is 0 Å². The molecule has 0 atom stereocenters. The van der Waals surface area contributed by atoms with E-state index in [4.69, 9.17) is 4.74 Å². The lowest BCUT2D eigenvalue weighted by Gasteiger charge is -2.04. The molecule has 28 heavy (non-hydrogen) atoms. The molecule has 0 bridgehead atoms. The molecule has 1 aliphatic rings. The number of benzene rings is 2. The van der Waals surface area contributed by atoms with Gasteiger partial charge in [0, 0.05) is 24.2 Å². The van der Waals surface area contributed by atoms with Crippen molar-refractivity contribution >= 4 is 27.5 Å². The minimum atomic E-state index is -3.54. The predicted molar refractivity (Wildman–Crippen MR) is 101 cm³/mol. The highest BCUT2D eigenvalue weighted by Gasteiger charge is 2.29. The molecule has 1 aliphatic heterocycles. The molecule has 0 saturated heterocycles. The van der Waals surface area contributed by atoms with E-state index in [0.717, 1.165) is 0 Å². The molecule has 0 aliphatic carbocycles. The molecule has 0 radical (unpaired) electrons. The van der Waals surface area contributed by atoms with Crippen LogP contribution in [0.5, 0.6) is 0 Å². The lowest BCUT2D eigenvalue weighted by molar-refractivity contribution is -0.384. The van der Waals surface area contributed by atoms with Crippen LogP contribution in [0, 0.1) is 10.1 Å². The van der Waals surface area contributed by atoms with Crippen LogP contribution >= 0.6 is 0 Å². The van der Waals surface area contributed by atoms with Crippen LogP contribution in [0.3, 0.4) is 0 Å². The molecule has 2 aromatic carbocycles. The van der Waals surface area contributed by atoms with Crippen LogP contribution in [-0.2, 0) is 14.8 Å². The number of hydrogen-bond donors (Lipinski definition) is 1. The van der Waals surface area contributed by atoms with Gasteiger partial charge in [-0.3, -0.25) is 19.8 Å². The second-order valence-electron chi connectivity index (χ2n) is 5.98. The Morgan fingerprint density at radius 3 is 2.54 bits per heavy atom. The first-order valence-electron chi connectivity index (χ1n) is 8.47. The molecule has 2 aromatic rings. The standard InChI is InChI=1S/C18H17N3O6S/c22-18(13-7-9-14(10-8-13)21(23)24)27-12-4-3-11-19-17-15-5-1-2-6-16(15)28(25,26)20-17/h1-2,5-10H,3-4,11-12H2,(H,19,20). The predicted octanol–water partition coefficient (Wildman–Crippen LogP) is 2.27. The van der Waals surface area contributed by atoms with Gasteiger partial charge in [0.25, 0.3) is 15.7 Å². The van der Waals surface area contributed by atoms with Crippen molar-refractivity contribution in [1.29, 1.82) is 0 Å². The van der Waals surface area contributed by atoms with E-state index in [9.17, 15) is 23.3 Å². The third-order valence-electron chi connectivity index (χ3n) is 4.03. The second-order valence-corrected chi connectivity index (χ2v) is 7.63. The van der Waals surface area contributed by atoms with Crippen molar-refractivity contribution < 1.29 is 22.9 Å². The van der Waals surface area contributed by atoms with E-state index in [0.29, 0.717) is 30.8 Å². The van der Waals surface area contributed by atoms with Gasteiger partial charge in [-0.1, -0.05) is 12.1 Å². The van der Waals surface area contributed by atoms with Crippen molar-refractivity contribution in [2.24, 2.45) is 4.99 Å². The van der Waals surface area contributed by atoms with E-state index in [-0.39, 0.29) is 22.8 Å². The molecule has 9 nitrogen and oxygen atoms in total. The zero-order valence-corrected chi connectivity index (χ0v) is 15.5. The highest BCUT2D eigenvalue weighted by atomic mass is 32.2. The number of nitrogens with zero attached hydrogens (tertiary/aromatic N) is 2. The Morgan fingerprint density at radius 2 is 1.82 bits per heavy atom. The molecule has 0 unspecified atom stereocenters. The van der Waals surface area contributed by atoms with Gasteiger partial charge >= 0.3 is 5.97 Å². The van der Waals surface area contributed by atoms with Crippen molar-refractivity contribution in [3.8, 4) is 0 Å². The summed E-state index contributed by atoms with van der Waals surface area (Å²) >= 11 is 0. The van der Waals surface area contributed by atoms with E-state index >= 15 is 0 Å². The highest BCUT2D eigenvalue weighted by molar-refractivity contribution is 7.90. The lowest BCUT2D eigenvalue weighted by Crippen LogP contribution is -2.22. The summed E-state index contributed by atoms with van der Waals surface area (Å²) in [6.07, 6.45) is 1.14.